The molecule has 2 N–H and O–H groups in total. The van der Waals surface area contributed by atoms with E-state index >= 15 is 0 Å². The van der Waals surface area contributed by atoms with Crippen LogP contribution in [-0.4, -0.2) is 42.4 Å². The molecule has 21 heavy (non-hydrogen) atoms. The topological polar surface area (TPSA) is 44.7 Å². The summed E-state index contributed by atoms with van der Waals surface area (Å²) >= 11 is 0. The van der Waals surface area contributed by atoms with Crippen LogP contribution in [0.2, 0.25) is 0 Å². The van der Waals surface area contributed by atoms with Crippen molar-refractivity contribution in [2.75, 3.05) is 20.2 Å². The highest BCUT2D eigenvalue weighted by atomic mass is 16.5. The van der Waals surface area contributed by atoms with Crippen LogP contribution in [0.3, 0.4) is 0 Å². The number of aliphatic hydroxyl groups is 1. The van der Waals surface area contributed by atoms with Crippen molar-refractivity contribution in [3.63, 3.8) is 0 Å². The molecule has 0 atom stereocenters. The summed E-state index contributed by atoms with van der Waals surface area (Å²) in [6.07, 6.45) is 4.29. The lowest BCUT2D eigenvalue weighted by molar-refractivity contribution is 0.0792. The molecule has 116 valence electrons. The lowest BCUT2D eigenvalue weighted by Gasteiger charge is -2.29. The number of methoxy groups -OCH3 is 1. The SMILES string of the molecule is COc1cc(CN2CCC(O)CC2)ccc1CNC1CC1. The van der Waals surface area contributed by atoms with Gasteiger partial charge in [-0.2, -0.15) is 0 Å². The maximum atomic E-state index is 9.57. The van der Waals surface area contributed by atoms with Crippen LogP contribution in [-0.2, 0) is 13.1 Å². The van der Waals surface area contributed by atoms with E-state index in [4.69, 9.17) is 4.74 Å². The van der Waals surface area contributed by atoms with Crippen molar-refractivity contribution in [3.8, 4) is 5.75 Å². The van der Waals surface area contributed by atoms with Crippen molar-refractivity contribution in [1.29, 1.82) is 0 Å². The number of rotatable bonds is 6. The van der Waals surface area contributed by atoms with Gasteiger partial charge in [-0.05, 0) is 37.3 Å². The Morgan fingerprint density at radius 1 is 1.24 bits per heavy atom. The van der Waals surface area contributed by atoms with Crippen molar-refractivity contribution in [2.45, 2.75) is 50.9 Å². The fraction of sp³-hybridized carbons (Fsp3) is 0.647. The maximum Gasteiger partial charge on any atom is 0.123 e. The Kier molecular flexibility index (Phi) is 4.78. The second-order valence-corrected chi connectivity index (χ2v) is 6.31. The standard InChI is InChI=1S/C17H26N2O2/c1-21-17-10-13(12-19-8-6-16(20)7-9-19)2-3-14(17)11-18-15-4-5-15/h2-3,10,15-16,18,20H,4-9,11-12H2,1H3. The van der Waals surface area contributed by atoms with E-state index in [1.165, 1.54) is 24.0 Å². The highest BCUT2D eigenvalue weighted by Gasteiger charge is 2.21. The molecular formula is C17H26N2O2. The number of ether oxygens (including phenoxy) is 1. The molecule has 3 rings (SSSR count). The third-order valence-electron chi connectivity index (χ3n) is 4.47. The molecule has 0 amide bonds. The maximum absolute atomic E-state index is 9.57. The molecule has 1 saturated heterocycles. The molecule has 1 aromatic rings. The summed E-state index contributed by atoms with van der Waals surface area (Å²) in [4.78, 5) is 2.41. The summed E-state index contributed by atoms with van der Waals surface area (Å²) in [6.45, 7) is 3.80. The number of piperidine rings is 1. The Labute approximate surface area is 127 Å². The molecule has 0 aromatic heterocycles. The first-order valence-electron chi connectivity index (χ1n) is 8.04. The predicted octanol–water partition coefficient (Wildman–Crippen LogP) is 1.90. The molecule has 0 spiro atoms. The number of benzene rings is 1. The second-order valence-electron chi connectivity index (χ2n) is 6.31. The Bertz CT molecular complexity index is 466. The zero-order valence-electron chi connectivity index (χ0n) is 12.8. The Morgan fingerprint density at radius 2 is 2.00 bits per heavy atom. The van der Waals surface area contributed by atoms with Crippen LogP contribution < -0.4 is 10.1 Å². The lowest BCUT2D eigenvalue weighted by Crippen LogP contribution is -2.35. The Hall–Kier alpha value is -1.10. The van der Waals surface area contributed by atoms with Crippen LogP contribution in [0.25, 0.3) is 0 Å². The molecule has 0 radical (unpaired) electrons. The number of aliphatic hydroxyl groups excluding tert-OH is 1. The van der Waals surface area contributed by atoms with Crippen LogP contribution in [0.1, 0.15) is 36.8 Å². The van der Waals surface area contributed by atoms with Gasteiger partial charge in [0.1, 0.15) is 5.75 Å². The smallest absolute Gasteiger partial charge is 0.123 e. The molecule has 1 heterocycles. The van der Waals surface area contributed by atoms with Gasteiger partial charge in [0.05, 0.1) is 13.2 Å². The van der Waals surface area contributed by atoms with E-state index in [1.54, 1.807) is 7.11 Å². The minimum Gasteiger partial charge on any atom is -0.496 e. The largest absolute Gasteiger partial charge is 0.496 e. The average Bonchev–Trinajstić information content (AvgIpc) is 3.32. The Morgan fingerprint density at radius 3 is 2.67 bits per heavy atom. The van der Waals surface area contributed by atoms with Crippen LogP contribution in [0.4, 0.5) is 0 Å². The summed E-state index contributed by atoms with van der Waals surface area (Å²) in [5, 5.41) is 13.1. The van der Waals surface area contributed by atoms with Gasteiger partial charge in [-0.1, -0.05) is 12.1 Å². The monoisotopic (exact) mass is 290 g/mol. The van der Waals surface area contributed by atoms with Gasteiger partial charge in [0.25, 0.3) is 0 Å². The first-order chi connectivity index (χ1) is 10.2. The van der Waals surface area contributed by atoms with E-state index in [-0.39, 0.29) is 6.10 Å². The normalized spacial score (nSPS) is 20.7. The number of likely N-dealkylation sites (tertiary alicyclic amines) is 1. The number of hydrogen-bond acceptors (Lipinski definition) is 4. The van der Waals surface area contributed by atoms with E-state index in [2.05, 4.69) is 28.4 Å². The first kappa shape index (κ1) is 14.8. The quantitative estimate of drug-likeness (QED) is 0.840. The number of nitrogens with one attached hydrogen (secondary N) is 1. The minimum atomic E-state index is -0.105. The van der Waals surface area contributed by atoms with E-state index in [9.17, 15) is 5.11 Å². The minimum absolute atomic E-state index is 0.105. The van der Waals surface area contributed by atoms with Crippen molar-refractivity contribution < 1.29 is 9.84 Å². The summed E-state index contributed by atoms with van der Waals surface area (Å²) in [5.74, 6) is 0.984. The fourth-order valence-electron chi connectivity index (χ4n) is 2.91. The molecule has 4 heteroatoms. The van der Waals surface area contributed by atoms with E-state index < -0.39 is 0 Å². The highest BCUT2D eigenvalue weighted by molar-refractivity contribution is 5.37. The summed E-state index contributed by atoms with van der Waals surface area (Å²) in [5.41, 5.74) is 2.53. The van der Waals surface area contributed by atoms with E-state index in [1.807, 2.05) is 0 Å². The molecule has 1 aromatic carbocycles. The van der Waals surface area contributed by atoms with Crippen LogP contribution in [0.5, 0.6) is 5.75 Å². The van der Waals surface area contributed by atoms with Gasteiger partial charge >= 0.3 is 0 Å². The van der Waals surface area contributed by atoms with Crippen LogP contribution in [0, 0.1) is 0 Å². The third-order valence-corrected chi connectivity index (χ3v) is 4.47. The molecule has 0 bridgehead atoms. The first-order valence-corrected chi connectivity index (χ1v) is 8.04. The molecule has 0 unspecified atom stereocenters. The van der Waals surface area contributed by atoms with Gasteiger partial charge in [0.2, 0.25) is 0 Å². The van der Waals surface area contributed by atoms with Gasteiger partial charge in [-0.25, -0.2) is 0 Å². The van der Waals surface area contributed by atoms with Crippen molar-refractivity contribution in [3.05, 3.63) is 29.3 Å². The highest BCUT2D eigenvalue weighted by Crippen LogP contribution is 2.24. The lowest BCUT2D eigenvalue weighted by atomic mass is 10.1. The van der Waals surface area contributed by atoms with Gasteiger partial charge in [0, 0.05) is 37.8 Å². The zero-order valence-corrected chi connectivity index (χ0v) is 12.8. The second kappa shape index (κ2) is 6.77. The van der Waals surface area contributed by atoms with E-state index in [0.717, 1.165) is 44.8 Å². The summed E-state index contributed by atoms with van der Waals surface area (Å²) in [7, 11) is 1.75. The predicted molar refractivity (Wildman–Crippen MR) is 83.4 cm³/mol. The van der Waals surface area contributed by atoms with E-state index in [0.29, 0.717) is 6.04 Å². The van der Waals surface area contributed by atoms with Crippen molar-refractivity contribution in [2.24, 2.45) is 0 Å². The van der Waals surface area contributed by atoms with Crippen LogP contribution in [0.15, 0.2) is 18.2 Å². The molecule has 2 aliphatic rings. The average molecular weight is 290 g/mol. The van der Waals surface area contributed by atoms with Crippen molar-refractivity contribution in [1.82, 2.24) is 10.2 Å². The zero-order chi connectivity index (χ0) is 14.7. The third kappa shape index (κ3) is 4.19. The number of hydrogen-bond donors (Lipinski definition) is 2. The van der Waals surface area contributed by atoms with Crippen molar-refractivity contribution >= 4 is 0 Å². The van der Waals surface area contributed by atoms with Crippen LogP contribution >= 0.6 is 0 Å². The molecule has 1 aliphatic heterocycles. The molecule has 1 aliphatic carbocycles. The number of nitrogens with zero attached hydrogens (tertiary/aromatic N) is 1. The van der Waals surface area contributed by atoms with Gasteiger partial charge in [-0.15, -0.1) is 0 Å². The Balaban J connectivity index is 1.59. The van der Waals surface area contributed by atoms with Gasteiger partial charge in [-0.3, -0.25) is 4.90 Å². The van der Waals surface area contributed by atoms with Gasteiger partial charge in [0.15, 0.2) is 0 Å². The summed E-state index contributed by atoms with van der Waals surface area (Å²) in [6, 6.07) is 7.27. The molecule has 4 nitrogen and oxygen atoms in total. The fourth-order valence-corrected chi connectivity index (χ4v) is 2.91. The molecule has 2 fully saturated rings. The summed E-state index contributed by atoms with van der Waals surface area (Å²) < 4.78 is 5.55. The molecule has 1 saturated carbocycles. The molecular weight excluding hydrogens is 264 g/mol. The van der Waals surface area contributed by atoms with Gasteiger partial charge < -0.3 is 15.2 Å².